The van der Waals surface area contributed by atoms with Gasteiger partial charge in [0.2, 0.25) is 5.78 Å². The third kappa shape index (κ3) is 2.64. The van der Waals surface area contributed by atoms with Gasteiger partial charge in [0.25, 0.3) is 0 Å². The van der Waals surface area contributed by atoms with E-state index in [2.05, 4.69) is 22.0 Å². The van der Waals surface area contributed by atoms with E-state index >= 15 is 0 Å². The zero-order valence-corrected chi connectivity index (χ0v) is 15.6. The molecule has 2 aliphatic rings. The number of ether oxygens (including phenoxy) is 1. The Labute approximate surface area is 167 Å². The van der Waals surface area contributed by atoms with Crippen molar-refractivity contribution in [2.75, 3.05) is 11.9 Å². The van der Waals surface area contributed by atoms with E-state index in [9.17, 15) is 15.0 Å². The summed E-state index contributed by atoms with van der Waals surface area (Å²) in [5.74, 6) is 0.127. The van der Waals surface area contributed by atoms with Crippen molar-refractivity contribution in [3.63, 3.8) is 0 Å². The number of phenolic OH excluding ortho intramolecular Hbond substituents is 2. The van der Waals surface area contributed by atoms with Crippen LogP contribution in [0.25, 0.3) is 0 Å². The molecule has 0 radical (unpaired) electrons. The van der Waals surface area contributed by atoms with Crippen molar-refractivity contribution in [2.24, 2.45) is 0 Å². The molecule has 0 bridgehead atoms. The average Bonchev–Trinajstić information content (AvgIpc) is 3.17. The number of fused-ring (bicyclic) bond motifs is 2. The second kappa shape index (κ2) is 6.38. The predicted molar refractivity (Wildman–Crippen MR) is 107 cm³/mol. The third-order valence-electron chi connectivity index (χ3n) is 5.48. The molecule has 5 rings (SSSR count). The molecular formula is C23H18N2O4. The van der Waals surface area contributed by atoms with Crippen LogP contribution in [-0.2, 0) is 0 Å². The number of aromatic hydroxyl groups is 2. The van der Waals surface area contributed by atoms with Gasteiger partial charge in [-0.25, -0.2) is 4.98 Å². The Balaban J connectivity index is 1.62. The van der Waals surface area contributed by atoms with Crippen molar-refractivity contribution in [1.29, 1.82) is 0 Å². The van der Waals surface area contributed by atoms with Crippen LogP contribution in [0.3, 0.4) is 0 Å². The highest BCUT2D eigenvalue weighted by Gasteiger charge is 2.40. The number of hydrogen-bond donors (Lipinski definition) is 2. The summed E-state index contributed by atoms with van der Waals surface area (Å²) in [6.45, 7) is 0. The fraction of sp³-hybridized carbons (Fsp3) is 0.130. The Hall–Kier alpha value is -3.80. The quantitative estimate of drug-likeness (QED) is 0.650. The van der Waals surface area contributed by atoms with E-state index in [0.29, 0.717) is 0 Å². The minimum absolute atomic E-state index is 0.0595. The van der Waals surface area contributed by atoms with Gasteiger partial charge in [-0.1, -0.05) is 36.4 Å². The van der Waals surface area contributed by atoms with E-state index in [4.69, 9.17) is 4.74 Å². The van der Waals surface area contributed by atoms with Crippen LogP contribution in [-0.4, -0.2) is 28.0 Å². The van der Waals surface area contributed by atoms with Gasteiger partial charge in [0.15, 0.2) is 5.76 Å². The summed E-state index contributed by atoms with van der Waals surface area (Å²) in [4.78, 5) is 19.5. The molecule has 144 valence electrons. The normalized spacial score (nSPS) is 21.2. The van der Waals surface area contributed by atoms with Crippen LogP contribution < -0.4 is 9.64 Å². The second-order valence-corrected chi connectivity index (χ2v) is 7.21. The van der Waals surface area contributed by atoms with Gasteiger partial charge in [0.1, 0.15) is 28.6 Å². The molecule has 2 N–H and O–H groups in total. The summed E-state index contributed by atoms with van der Waals surface area (Å²) in [7, 11) is 1.98. The molecule has 2 unspecified atom stereocenters. The maximum atomic E-state index is 12.9. The zero-order valence-electron chi connectivity index (χ0n) is 15.6. The SMILES string of the molecule is CN1c2ncccc2C(/C=C2\Oc3cc(O)cc(O)c3C2=O)C1c1ccccc1. The largest absolute Gasteiger partial charge is 0.508 e. The summed E-state index contributed by atoms with van der Waals surface area (Å²) in [5.41, 5.74) is 2.16. The van der Waals surface area contributed by atoms with Crippen molar-refractivity contribution < 1.29 is 19.7 Å². The van der Waals surface area contributed by atoms with Gasteiger partial charge in [-0.3, -0.25) is 4.79 Å². The molecule has 0 fully saturated rings. The number of anilines is 1. The topological polar surface area (TPSA) is 82.9 Å². The zero-order chi connectivity index (χ0) is 20.1. The molecule has 0 aliphatic carbocycles. The van der Waals surface area contributed by atoms with Gasteiger partial charge >= 0.3 is 0 Å². The number of aromatic nitrogens is 1. The number of nitrogens with zero attached hydrogens (tertiary/aromatic N) is 2. The predicted octanol–water partition coefficient (Wildman–Crippen LogP) is 3.93. The number of allylic oxidation sites excluding steroid dienone is 1. The van der Waals surface area contributed by atoms with E-state index in [0.717, 1.165) is 23.0 Å². The van der Waals surface area contributed by atoms with Crippen molar-refractivity contribution in [1.82, 2.24) is 4.98 Å². The number of likely N-dealkylation sites (N-methyl/N-ethyl adjacent to an activating group) is 1. The molecule has 3 aromatic rings. The third-order valence-corrected chi connectivity index (χ3v) is 5.48. The first kappa shape index (κ1) is 17.3. The van der Waals surface area contributed by atoms with E-state index in [-0.39, 0.29) is 40.5 Å². The van der Waals surface area contributed by atoms with Crippen LogP contribution in [0.2, 0.25) is 0 Å². The monoisotopic (exact) mass is 386 g/mol. The molecule has 2 aromatic carbocycles. The van der Waals surface area contributed by atoms with E-state index in [1.54, 1.807) is 12.3 Å². The number of carbonyl (C=O) groups excluding carboxylic acids is 1. The van der Waals surface area contributed by atoms with Crippen molar-refractivity contribution in [3.05, 3.63) is 89.3 Å². The smallest absolute Gasteiger partial charge is 0.235 e. The number of benzene rings is 2. The molecule has 2 atom stereocenters. The van der Waals surface area contributed by atoms with Gasteiger partial charge in [-0.2, -0.15) is 0 Å². The Kier molecular flexibility index (Phi) is 3.81. The van der Waals surface area contributed by atoms with Crippen LogP contribution >= 0.6 is 0 Å². The molecule has 2 aliphatic heterocycles. The number of carbonyl (C=O) groups is 1. The molecule has 1 aromatic heterocycles. The Morgan fingerprint density at radius 2 is 1.90 bits per heavy atom. The molecular weight excluding hydrogens is 368 g/mol. The number of pyridine rings is 1. The highest BCUT2D eigenvalue weighted by Crippen LogP contribution is 2.49. The van der Waals surface area contributed by atoms with E-state index < -0.39 is 5.78 Å². The van der Waals surface area contributed by atoms with Gasteiger partial charge in [0, 0.05) is 36.9 Å². The summed E-state index contributed by atoms with van der Waals surface area (Å²) >= 11 is 0. The van der Waals surface area contributed by atoms with E-state index in [1.807, 2.05) is 37.4 Å². The summed E-state index contributed by atoms with van der Waals surface area (Å²) in [6.07, 6.45) is 3.54. The van der Waals surface area contributed by atoms with Gasteiger partial charge < -0.3 is 19.8 Å². The highest BCUT2D eigenvalue weighted by atomic mass is 16.5. The Bertz CT molecular complexity index is 1160. The van der Waals surface area contributed by atoms with Crippen molar-refractivity contribution >= 4 is 11.6 Å². The maximum absolute atomic E-state index is 12.9. The molecule has 29 heavy (non-hydrogen) atoms. The summed E-state index contributed by atoms with van der Waals surface area (Å²) in [5, 5.41) is 19.8. The summed E-state index contributed by atoms with van der Waals surface area (Å²) < 4.78 is 5.73. The van der Waals surface area contributed by atoms with E-state index in [1.165, 1.54) is 6.07 Å². The molecule has 3 heterocycles. The minimum Gasteiger partial charge on any atom is -0.508 e. The highest BCUT2D eigenvalue weighted by molar-refractivity contribution is 6.14. The lowest BCUT2D eigenvalue weighted by molar-refractivity contribution is 0.101. The van der Waals surface area contributed by atoms with Crippen LogP contribution in [0.15, 0.2) is 72.6 Å². The molecule has 0 spiro atoms. The van der Waals surface area contributed by atoms with Gasteiger partial charge in [-0.05, 0) is 17.7 Å². The standard InChI is InChI=1S/C23H18N2O4/c1-25-21(13-6-3-2-4-7-13)16(15-8-5-9-24-23(15)25)12-19-22(28)20-17(27)10-14(26)11-18(20)29-19/h2-12,16,21,26-27H,1H3/b19-12-. The first-order chi connectivity index (χ1) is 14.0. The number of phenols is 2. The number of rotatable bonds is 2. The van der Waals surface area contributed by atoms with Gasteiger partial charge in [0.05, 0.1) is 6.04 Å². The Morgan fingerprint density at radius 1 is 1.10 bits per heavy atom. The van der Waals surface area contributed by atoms with Crippen LogP contribution in [0.1, 0.15) is 33.4 Å². The van der Waals surface area contributed by atoms with Crippen molar-refractivity contribution in [3.8, 4) is 17.2 Å². The molecule has 6 heteroatoms. The first-order valence-electron chi connectivity index (χ1n) is 9.27. The number of Topliss-reactive ketones (excluding diaryl/α,β-unsaturated/α-hetero) is 1. The fourth-order valence-corrected chi connectivity index (χ4v) is 4.23. The Morgan fingerprint density at radius 3 is 2.69 bits per heavy atom. The lowest BCUT2D eigenvalue weighted by Crippen LogP contribution is -2.22. The molecule has 0 amide bonds. The number of ketones is 1. The lowest BCUT2D eigenvalue weighted by atomic mass is 9.89. The van der Waals surface area contributed by atoms with Crippen molar-refractivity contribution in [2.45, 2.75) is 12.0 Å². The average molecular weight is 386 g/mol. The van der Waals surface area contributed by atoms with Crippen LogP contribution in [0.4, 0.5) is 5.82 Å². The van der Waals surface area contributed by atoms with Gasteiger partial charge in [-0.15, -0.1) is 0 Å². The molecule has 0 saturated heterocycles. The fourth-order valence-electron chi connectivity index (χ4n) is 4.23. The lowest BCUT2D eigenvalue weighted by Gasteiger charge is -2.25. The molecule has 6 nitrogen and oxygen atoms in total. The van der Waals surface area contributed by atoms with Crippen LogP contribution in [0.5, 0.6) is 17.2 Å². The molecule has 0 saturated carbocycles. The van der Waals surface area contributed by atoms with Crippen LogP contribution in [0, 0.1) is 0 Å². The first-order valence-corrected chi connectivity index (χ1v) is 9.27. The summed E-state index contributed by atoms with van der Waals surface area (Å²) in [6, 6.07) is 16.3. The number of hydrogen-bond acceptors (Lipinski definition) is 6. The maximum Gasteiger partial charge on any atom is 0.235 e. The minimum atomic E-state index is -0.399. The second-order valence-electron chi connectivity index (χ2n) is 7.21.